The number of carbonyl (C=O) groups excluding carboxylic acids is 2. The number of Topliss-reactive ketones (excluding diaryl/α,β-unsaturated/α-hetero) is 1. The molecule has 0 bridgehead atoms. The molecule has 0 saturated carbocycles. The molecule has 26 heavy (non-hydrogen) atoms. The molecule has 2 rings (SSSR count). The molecule has 136 valence electrons. The molecule has 1 unspecified atom stereocenters. The van der Waals surface area contributed by atoms with Crippen LogP contribution in [0.4, 0.5) is 0 Å². The number of carbonyl (C=O) groups is 3. The van der Waals surface area contributed by atoms with E-state index in [9.17, 15) is 14.4 Å². The van der Waals surface area contributed by atoms with Gasteiger partial charge in [0, 0.05) is 12.0 Å². The minimum Gasteiger partial charge on any atom is -0.481 e. The number of aliphatic carboxylic acids is 1. The van der Waals surface area contributed by atoms with Crippen molar-refractivity contribution in [3.05, 3.63) is 71.8 Å². The van der Waals surface area contributed by atoms with E-state index in [-0.39, 0.29) is 24.5 Å². The first kappa shape index (κ1) is 19.4. The third kappa shape index (κ3) is 6.51. The Morgan fingerprint density at radius 2 is 1.50 bits per heavy atom. The summed E-state index contributed by atoms with van der Waals surface area (Å²) in [7, 11) is 0. The fourth-order valence-corrected chi connectivity index (χ4v) is 2.70. The molecule has 0 radical (unpaired) electrons. The van der Waals surface area contributed by atoms with Gasteiger partial charge < -0.3 is 10.4 Å². The highest BCUT2D eigenvalue weighted by molar-refractivity contribution is 5.98. The van der Waals surface area contributed by atoms with Crippen molar-refractivity contribution in [2.24, 2.45) is 0 Å². The largest absolute Gasteiger partial charge is 0.481 e. The molecule has 0 aliphatic carbocycles. The number of ketones is 1. The summed E-state index contributed by atoms with van der Waals surface area (Å²) in [5.74, 6) is -1.58. The molecule has 2 N–H and O–H groups in total. The summed E-state index contributed by atoms with van der Waals surface area (Å²) >= 11 is 0. The van der Waals surface area contributed by atoms with E-state index in [1.165, 1.54) is 5.56 Å². The zero-order valence-electron chi connectivity index (χ0n) is 14.6. The topological polar surface area (TPSA) is 83.5 Å². The van der Waals surface area contributed by atoms with Crippen LogP contribution < -0.4 is 5.32 Å². The van der Waals surface area contributed by atoms with E-state index in [2.05, 4.69) is 5.32 Å². The van der Waals surface area contributed by atoms with Crippen molar-refractivity contribution in [3.8, 4) is 0 Å². The van der Waals surface area contributed by atoms with Crippen molar-refractivity contribution in [1.82, 2.24) is 5.32 Å². The van der Waals surface area contributed by atoms with E-state index < -0.39 is 12.0 Å². The number of hydrogen-bond donors (Lipinski definition) is 2. The number of nitrogens with one attached hydrogen (secondary N) is 1. The van der Waals surface area contributed by atoms with Gasteiger partial charge in [0.1, 0.15) is 0 Å². The van der Waals surface area contributed by atoms with Gasteiger partial charge in [-0.3, -0.25) is 14.4 Å². The molecule has 0 fully saturated rings. The first-order valence-electron chi connectivity index (χ1n) is 8.70. The summed E-state index contributed by atoms with van der Waals surface area (Å²) in [6.07, 6.45) is 1.69. The van der Waals surface area contributed by atoms with Crippen LogP contribution in [0.5, 0.6) is 0 Å². The molecule has 1 amide bonds. The number of rotatable bonds is 10. The van der Waals surface area contributed by atoms with Crippen LogP contribution in [-0.2, 0) is 16.0 Å². The van der Waals surface area contributed by atoms with Gasteiger partial charge in [0.05, 0.1) is 12.5 Å². The summed E-state index contributed by atoms with van der Waals surface area (Å²) in [4.78, 5) is 35.5. The second kappa shape index (κ2) is 10.1. The van der Waals surface area contributed by atoms with Gasteiger partial charge in [-0.1, -0.05) is 48.5 Å². The van der Waals surface area contributed by atoms with Crippen LogP contribution in [0.25, 0.3) is 0 Å². The van der Waals surface area contributed by atoms with Crippen LogP contribution in [0, 0.1) is 0 Å². The van der Waals surface area contributed by atoms with E-state index in [4.69, 9.17) is 5.11 Å². The average molecular weight is 353 g/mol. The molecule has 2 aromatic rings. The Hall–Kier alpha value is -2.95. The van der Waals surface area contributed by atoms with E-state index in [0.717, 1.165) is 12.8 Å². The summed E-state index contributed by atoms with van der Waals surface area (Å²) in [5.41, 5.74) is 1.64. The van der Waals surface area contributed by atoms with Crippen LogP contribution in [0.2, 0.25) is 0 Å². The fourth-order valence-electron chi connectivity index (χ4n) is 2.70. The van der Waals surface area contributed by atoms with Gasteiger partial charge in [0.15, 0.2) is 5.78 Å². The highest BCUT2D eigenvalue weighted by atomic mass is 16.4. The SMILES string of the molecule is O=C(O)CCC(=O)C(CCCc1ccccc1)NC(=O)c1ccccc1. The molecule has 5 heteroatoms. The zero-order chi connectivity index (χ0) is 18.8. The molecule has 5 nitrogen and oxygen atoms in total. The highest BCUT2D eigenvalue weighted by Gasteiger charge is 2.21. The van der Waals surface area contributed by atoms with Crippen LogP contribution in [0.15, 0.2) is 60.7 Å². The van der Waals surface area contributed by atoms with Gasteiger partial charge in [-0.2, -0.15) is 0 Å². The summed E-state index contributed by atoms with van der Waals surface area (Å²) in [5, 5.41) is 11.6. The van der Waals surface area contributed by atoms with Crippen LogP contribution in [-0.4, -0.2) is 28.8 Å². The quantitative estimate of drug-likeness (QED) is 0.687. The zero-order valence-corrected chi connectivity index (χ0v) is 14.6. The number of benzene rings is 2. The third-order valence-electron chi connectivity index (χ3n) is 4.12. The first-order chi connectivity index (χ1) is 12.6. The Morgan fingerprint density at radius 3 is 2.12 bits per heavy atom. The molecule has 1 atom stereocenters. The van der Waals surface area contributed by atoms with Gasteiger partial charge in [-0.15, -0.1) is 0 Å². The van der Waals surface area contributed by atoms with Gasteiger partial charge in [-0.05, 0) is 37.0 Å². The van der Waals surface area contributed by atoms with Gasteiger partial charge in [0.25, 0.3) is 5.91 Å². The average Bonchev–Trinajstić information content (AvgIpc) is 2.66. The predicted octanol–water partition coefficient (Wildman–Crippen LogP) is 3.24. The van der Waals surface area contributed by atoms with Crippen molar-refractivity contribution in [2.45, 2.75) is 38.1 Å². The van der Waals surface area contributed by atoms with E-state index >= 15 is 0 Å². The number of amides is 1. The Labute approximate surface area is 153 Å². The van der Waals surface area contributed by atoms with Crippen molar-refractivity contribution >= 4 is 17.7 Å². The number of aryl methyl sites for hydroxylation is 1. The maximum atomic E-state index is 12.4. The van der Waals surface area contributed by atoms with Crippen LogP contribution in [0.1, 0.15) is 41.6 Å². The normalized spacial score (nSPS) is 11.5. The smallest absolute Gasteiger partial charge is 0.303 e. The second-order valence-electron chi connectivity index (χ2n) is 6.13. The maximum Gasteiger partial charge on any atom is 0.303 e. The van der Waals surface area contributed by atoms with Crippen LogP contribution in [0.3, 0.4) is 0 Å². The summed E-state index contributed by atoms with van der Waals surface area (Å²) in [6.45, 7) is 0. The molecule has 0 heterocycles. The molecule has 0 aliphatic rings. The molecule has 0 spiro atoms. The lowest BCUT2D eigenvalue weighted by Crippen LogP contribution is -2.41. The molecular formula is C21H23NO4. The highest BCUT2D eigenvalue weighted by Crippen LogP contribution is 2.10. The lowest BCUT2D eigenvalue weighted by atomic mass is 9.99. The van der Waals surface area contributed by atoms with Crippen molar-refractivity contribution < 1.29 is 19.5 Å². The van der Waals surface area contributed by atoms with Gasteiger partial charge >= 0.3 is 5.97 Å². The first-order valence-corrected chi connectivity index (χ1v) is 8.70. The van der Waals surface area contributed by atoms with Crippen LogP contribution >= 0.6 is 0 Å². The van der Waals surface area contributed by atoms with Crippen molar-refractivity contribution in [2.75, 3.05) is 0 Å². The Kier molecular flexibility index (Phi) is 7.55. The molecule has 0 aromatic heterocycles. The molecule has 0 saturated heterocycles. The number of carboxylic acids is 1. The Morgan fingerprint density at radius 1 is 0.885 bits per heavy atom. The van der Waals surface area contributed by atoms with Crippen molar-refractivity contribution in [1.29, 1.82) is 0 Å². The van der Waals surface area contributed by atoms with E-state index in [1.807, 2.05) is 36.4 Å². The van der Waals surface area contributed by atoms with Gasteiger partial charge in [-0.25, -0.2) is 0 Å². The number of carboxylic acid groups (broad SMARTS) is 1. The minimum absolute atomic E-state index is 0.0829. The molecule has 0 aliphatic heterocycles. The maximum absolute atomic E-state index is 12.4. The Balaban J connectivity index is 1.97. The molecular weight excluding hydrogens is 330 g/mol. The van der Waals surface area contributed by atoms with Gasteiger partial charge in [0.2, 0.25) is 0 Å². The summed E-state index contributed by atoms with van der Waals surface area (Å²) < 4.78 is 0. The molecule has 2 aromatic carbocycles. The lowest BCUT2D eigenvalue weighted by Gasteiger charge is -2.17. The minimum atomic E-state index is -1.02. The summed E-state index contributed by atoms with van der Waals surface area (Å²) in [6, 6.07) is 17.9. The standard InChI is InChI=1S/C21H23NO4/c23-19(14-15-20(24)25)18(13-7-10-16-8-3-1-4-9-16)22-21(26)17-11-5-2-6-12-17/h1-6,8-9,11-12,18H,7,10,13-15H2,(H,22,26)(H,24,25). The second-order valence-corrected chi connectivity index (χ2v) is 6.13. The fraction of sp³-hybridized carbons (Fsp3) is 0.286. The monoisotopic (exact) mass is 353 g/mol. The number of hydrogen-bond acceptors (Lipinski definition) is 3. The third-order valence-corrected chi connectivity index (χ3v) is 4.12. The van der Waals surface area contributed by atoms with E-state index in [0.29, 0.717) is 12.0 Å². The lowest BCUT2D eigenvalue weighted by molar-refractivity contribution is -0.138. The van der Waals surface area contributed by atoms with Crippen molar-refractivity contribution in [3.63, 3.8) is 0 Å². The van der Waals surface area contributed by atoms with E-state index in [1.54, 1.807) is 24.3 Å². The Bertz CT molecular complexity index is 728. The predicted molar refractivity (Wildman–Crippen MR) is 99.0 cm³/mol.